The lowest BCUT2D eigenvalue weighted by molar-refractivity contribution is 0.275. The fraction of sp³-hybridized carbons (Fsp3) is 0.143. The predicted octanol–water partition coefficient (Wildman–Crippen LogP) is 0.299. The van der Waals surface area contributed by atoms with Gasteiger partial charge in [-0.25, -0.2) is 13.7 Å². The Kier molecular flexibility index (Phi) is 2.91. The Morgan fingerprint density at radius 2 is 2.25 bits per heavy atom. The minimum atomic E-state index is -1.67. The van der Waals surface area contributed by atoms with Crippen molar-refractivity contribution in [3.63, 3.8) is 0 Å². The van der Waals surface area contributed by atoms with Gasteiger partial charge in [-0.3, -0.25) is 0 Å². The average Bonchev–Trinajstić information content (AvgIpc) is 2.04. The maximum Gasteiger partial charge on any atom is 0.129 e. The fourth-order valence-electron chi connectivity index (χ4n) is 0.781. The van der Waals surface area contributed by atoms with Gasteiger partial charge >= 0.3 is 0 Å². The molecule has 3 N–H and O–H groups in total. The normalized spacial score (nSPS) is 12.9. The van der Waals surface area contributed by atoms with Gasteiger partial charge in [0.2, 0.25) is 0 Å². The Balaban J connectivity index is 3.10. The lowest BCUT2D eigenvalue weighted by Crippen LogP contribution is -2.03. The van der Waals surface area contributed by atoms with Crippen molar-refractivity contribution in [3.05, 3.63) is 29.6 Å². The van der Waals surface area contributed by atoms with E-state index in [1.807, 2.05) is 0 Å². The average molecular weight is 189 g/mol. The minimum absolute atomic E-state index is 0.171. The number of nitrogens with two attached hydrogens (primary N) is 1. The molecule has 0 aliphatic carbocycles. The molecule has 0 spiro atoms. The van der Waals surface area contributed by atoms with E-state index in [0.29, 0.717) is 0 Å². The second-order valence-electron chi connectivity index (χ2n) is 2.21. The van der Waals surface area contributed by atoms with Crippen LogP contribution in [0.15, 0.2) is 23.1 Å². The molecule has 1 aromatic rings. The fourth-order valence-corrected chi connectivity index (χ4v) is 1.20. The molecule has 0 fully saturated rings. The minimum Gasteiger partial charge on any atom is -0.392 e. The molecule has 0 radical (unpaired) electrons. The summed E-state index contributed by atoms with van der Waals surface area (Å²) in [6.45, 7) is -0.372. The molecule has 0 bridgehead atoms. The van der Waals surface area contributed by atoms with Crippen LogP contribution in [0.4, 0.5) is 4.39 Å². The third-order valence-electron chi connectivity index (χ3n) is 1.43. The predicted molar refractivity (Wildman–Crippen MR) is 42.9 cm³/mol. The first-order chi connectivity index (χ1) is 5.65. The number of hydrogen-bond donors (Lipinski definition) is 2. The van der Waals surface area contributed by atoms with Crippen LogP contribution in [0.3, 0.4) is 0 Å². The van der Waals surface area contributed by atoms with E-state index in [1.54, 1.807) is 0 Å². The zero-order valence-corrected chi connectivity index (χ0v) is 6.97. The van der Waals surface area contributed by atoms with Crippen molar-refractivity contribution >= 4 is 11.0 Å². The highest BCUT2D eigenvalue weighted by Gasteiger charge is 2.04. The molecular weight excluding hydrogens is 181 g/mol. The third-order valence-corrected chi connectivity index (χ3v) is 2.15. The van der Waals surface area contributed by atoms with Crippen molar-refractivity contribution in [3.8, 4) is 0 Å². The number of aliphatic hydroxyl groups excluding tert-OH is 1. The summed E-state index contributed by atoms with van der Waals surface area (Å²) in [6, 6.07) is 3.84. The molecular formula is C7H8FNO2S. The van der Waals surface area contributed by atoms with E-state index in [4.69, 9.17) is 10.2 Å². The Morgan fingerprint density at radius 3 is 2.67 bits per heavy atom. The van der Waals surface area contributed by atoms with Crippen LogP contribution in [0.5, 0.6) is 0 Å². The standard InChI is InChI=1S/C7H8FNO2S/c8-7-3-6(12(9)11)2-1-5(7)4-10/h1-3,10H,4,9H2. The van der Waals surface area contributed by atoms with Crippen LogP contribution in [0.2, 0.25) is 0 Å². The molecule has 0 saturated carbocycles. The van der Waals surface area contributed by atoms with E-state index < -0.39 is 16.8 Å². The van der Waals surface area contributed by atoms with Crippen LogP contribution in [0, 0.1) is 5.82 Å². The van der Waals surface area contributed by atoms with Crippen molar-refractivity contribution in [1.82, 2.24) is 0 Å². The highest BCUT2D eigenvalue weighted by atomic mass is 32.2. The number of aliphatic hydroxyl groups is 1. The van der Waals surface area contributed by atoms with E-state index in [1.165, 1.54) is 12.1 Å². The quantitative estimate of drug-likeness (QED) is 0.702. The van der Waals surface area contributed by atoms with Gasteiger partial charge in [0.1, 0.15) is 16.8 Å². The largest absolute Gasteiger partial charge is 0.392 e. The summed E-state index contributed by atoms with van der Waals surface area (Å²) in [5, 5.41) is 13.6. The van der Waals surface area contributed by atoms with Crippen molar-refractivity contribution < 1.29 is 13.7 Å². The smallest absolute Gasteiger partial charge is 0.129 e. The molecule has 1 aromatic carbocycles. The Labute approximate surface area is 71.6 Å². The highest BCUT2D eigenvalue weighted by Crippen LogP contribution is 2.11. The molecule has 0 aromatic heterocycles. The molecule has 0 amide bonds. The molecule has 12 heavy (non-hydrogen) atoms. The summed E-state index contributed by atoms with van der Waals surface area (Å²) in [5.41, 5.74) is 0.171. The molecule has 1 unspecified atom stereocenters. The maximum atomic E-state index is 12.9. The topological polar surface area (TPSA) is 63.3 Å². The van der Waals surface area contributed by atoms with Crippen molar-refractivity contribution in [2.75, 3.05) is 0 Å². The summed E-state index contributed by atoms with van der Waals surface area (Å²) in [4.78, 5) is 0.213. The van der Waals surface area contributed by atoms with Crippen molar-refractivity contribution in [2.45, 2.75) is 11.5 Å². The van der Waals surface area contributed by atoms with Crippen LogP contribution in [-0.2, 0) is 17.6 Å². The molecule has 0 aliphatic rings. The summed E-state index contributed by atoms with van der Waals surface area (Å²) < 4.78 is 23.5. The van der Waals surface area contributed by atoms with Gasteiger partial charge in [-0.05, 0) is 12.1 Å². The monoisotopic (exact) mass is 189 g/mol. The molecule has 66 valence electrons. The molecule has 5 heteroatoms. The first-order valence-corrected chi connectivity index (χ1v) is 4.42. The van der Waals surface area contributed by atoms with Crippen LogP contribution < -0.4 is 5.14 Å². The summed E-state index contributed by atoms with van der Waals surface area (Å²) in [6.07, 6.45) is 0. The van der Waals surface area contributed by atoms with E-state index in [-0.39, 0.29) is 17.1 Å². The van der Waals surface area contributed by atoms with E-state index in [2.05, 4.69) is 0 Å². The number of halogens is 1. The van der Waals surface area contributed by atoms with Gasteiger partial charge in [0.05, 0.1) is 11.5 Å². The molecule has 0 saturated heterocycles. The van der Waals surface area contributed by atoms with Crippen molar-refractivity contribution in [2.24, 2.45) is 5.14 Å². The van der Waals surface area contributed by atoms with Crippen LogP contribution >= 0.6 is 0 Å². The first-order valence-electron chi connectivity index (χ1n) is 3.20. The SMILES string of the molecule is NS(=O)c1ccc(CO)c(F)c1. The zero-order chi connectivity index (χ0) is 9.14. The molecule has 1 rings (SSSR count). The Hall–Kier alpha value is -0.780. The molecule has 0 heterocycles. The third kappa shape index (κ3) is 1.88. The number of rotatable bonds is 2. The first kappa shape index (κ1) is 9.31. The molecule has 3 nitrogen and oxygen atoms in total. The summed E-state index contributed by atoms with van der Waals surface area (Å²) in [7, 11) is -1.67. The lowest BCUT2D eigenvalue weighted by atomic mass is 10.2. The van der Waals surface area contributed by atoms with Gasteiger partial charge < -0.3 is 5.11 Å². The van der Waals surface area contributed by atoms with Crippen LogP contribution in [-0.4, -0.2) is 9.32 Å². The van der Waals surface area contributed by atoms with Gasteiger partial charge in [0.15, 0.2) is 0 Å². The van der Waals surface area contributed by atoms with Gasteiger partial charge in [-0.1, -0.05) is 6.07 Å². The number of benzene rings is 1. The summed E-state index contributed by atoms with van der Waals surface area (Å²) in [5.74, 6) is -0.589. The number of hydrogen-bond acceptors (Lipinski definition) is 2. The zero-order valence-electron chi connectivity index (χ0n) is 6.16. The van der Waals surface area contributed by atoms with E-state index in [9.17, 15) is 8.60 Å². The van der Waals surface area contributed by atoms with E-state index >= 15 is 0 Å². The van der Waals surface area contributed by atoms with E-state index in [0.717, 1.165) is 6.07 Å². The Bertz CT molecular complexity index is 316. The van der Waals surface area contributed by atoms with Gasteiger partial charge in [0, 0.05) is 5.56 Å². The summed E-state index contributed by atoms with van der Waals surface area (Å²) >= 11 is 0. The van der Waals surface area contributed by atoms with Gasteiger partial charge in [0.25, 0.3) is 0 Å². The second kappa shape index (κ2) is 3.75. The molecule has 0 aliphatic heterocycles. The van der Waals surface area contributed by atoms with Crippen molar-refractivity contribution in [1.29, 1.82) is 0 Å². The van der Waals surface area contributed by atoms with Crippen LogP contribution in [0.1, 0.15) is 5.56 Å². The lowest BCUT2D eigenvalue weighted by Gasteiger charge is -2.00. The van der Waals surface area contributed by atoms with Gasteiger partial charge in [-0.2, -0.15) is 0 Å². The van der Waals surface area contributed by atoms with Gasteiger partial charge in [-0.15, -0.1) is 0 Å². The van der Waals surface area contributed by atoms with Crippen LogP contribution in [0.25, 0.3) is 0 Å². The Morgan fingerprint density at radius 1 is 1.58 bits per heavy atom. The second-order valence-corrected chi connectivity index (χ2v) is 3.27. The molecule has 1 atom stereocenters. The maximum absolute atomic E-state index is 12.9. The highest BCUT2D eigenvalue weighted by molar-refractivity contribution is 7.82.